The average molecular weight is 478 g/mol. The van der Waals surface area contributed by atoms with E-state index < -0.39 is 0 Å². The van der Waals surface area contributed by atoms with Crippen LogP contribution >= 0.6 is 0 Å². The van der Waals surface area contributed by atoms with Crippen LogP contribution in [0, 0.1) is 0 Å². The van der Waals surface area contributed by atoms with Gasteiger partial charge in [-0.15, -0.1) is 0 Å². The van der Waals surface area contributed by atoms with Crippen LogP contribution in [0.1, 0.15) is 53.9 Å². The van der Waals surface area contributed by atoms with Gasteiger partial charge in [0.1, 0.15) is 12.4 Å². The molecular formula is C32H31NO3. The maximum Gasteiger partial charge on any atom is 0.410 e. The molecule has 0 N–H and O–H groups in total. The molecule has 4 heteroatoms. The topological polar surface area (TPSA) is 38.8 Å². The van der Waals surface area contributed by atoms with Crippen molar-refractivity contribution in [3.05, 3.63) is 101 Å². The molecule has 0 radical (unpaired) electrons. The minimum Gasteiger partial charge on any atom is -0.493 e. The van der Waals surface area contributed by atoms with Crippen LogP contribution in [0.4, 0.5) is 4.79 Å². The normalized spacial score (nSPS) is 21.4. The van der Waals surface area contributed by atoms with Crippen molar-refractivity contribution in [2.75, 3.05) is 13.2 Å². The quantitative estimate of drug-likeness (QED) is 0.386. The number of nitrogens with zero attached hydrogens (tertiary/aromatic N) is 1. The maximum absolute atomic E-state index is 13.3. The molecule has 1 amide bonds. The van der Waals surface area contributed by atoms with Crippen LogP contribution in [0.15, 0.2) is 78.4 Å². The molecule has 0 spiro atoms. The van der Waals surface area contributed by atoms with Crippen LogP contribution in [0.2, 0.25) is 0 Å². The molecule has 182 valence electrons. The molecule has 0 aromatic heterocycles. The van der Waals surface area contributed by atoms with Crippen molar-refractivity contribution in [1.29, 1.82) is 0 Å². The molecule has 2 unspecified atom stereocenters. The van der Waals surface area contributed by atoms with E-state index in [4.69, 9.17) is 9.47 Å². The fourth-order valence-corrected chi connectivity index (χ4v) is 6.76. The second-order valence-corrected chi connectivity index (χ2v) is 10.6. The number of carbonyl (C=O) groups excluding carboxylic acids is 1. The number of ether oxygens (including phenoxy) is 2. The Kier molecular flexibility index (Phi) is 5.34. The molecule has 4 nitrogen and oxygen atoms in total. The first-order chi connectivity index (χ1) is 17.7. The summed E-state index contributed by atoms with van der Waals surface area (Å²) in [6, 6.07) is 24.1. The SMILES string of the molecule is O=C(OCC1c2ccccc2-c2ccccc21)N1C2C=C(CCc3ccc4c(c3)CCO4)CC1CC2. The van der Waals surface area contributed by atoms with Crippen molar-refractivity contribution in [3.8, 4) is 16.9 Å². The first-order valence-corrected chi connectivity index (χ1v) is 13.3. The second kappa shape index (κ2) is 8.85. The lowest BCUT2D eigenvalue weighted by Gasteiger charge is -2.33. The van der Waals surface area contributed by atoms with Crippen LogP contribution in [0.5, 0.6) is 5.75 Å². The van der Waals surface area contributed by atoms with Crippen LogP contribution in [0.25, 0.3) is 11.1 Å². The van der Waals surface area contributed by atoms with Gasteiger partial charge < -0.3 is 9.47 Å². The van der Waals surface area contributed by atoms with Gasteiger partial charge in [-0.25, -0.2) is 4.79 Å². The monoisotopic (exact) mass is 477 g/mol. The Hall–Kier alpha value is -3.53. The molecule has 36 heavy (non-hydrogen) atoms. The van der Waals surface area contributed by atoms with Gasteiger partial charge in [0.15, 0.2) is 0 Å². The molecule has 3 aliphatic heterocycles. The highest BCUT2D eigenvalue weighted by Gasteiger charge is 2.41. The van der Waals surface area contributed by atoms with Gasteiger partial charge in [-0.2, -0.15) is 0 Å². The van der Waals surface area contributed by atoms with Gasteiger partial charge in [0.25, 0.3) is 0 Å². The van der Waals surface area contributed by atoms with E-state index in [0.29, 0.717) is 6.61 Å². The first-order valence-electron chi connectivity index (χ1n) is 13.3. The van der Waals surface area contributed by atoms with Crippen LogP contribution in [0.3, 0.4) is 0 Å². The molecule has 3 heterocycles. The molecule has 1 fully saturated rings. The summed E-state index contributed by atoms with van der Waals surface area (Å²) in [6.45, 7) is 1.19. The van der Waals surface area contributed by atoms with Gasteiger partial charge in [-0.3, -0.25) is 4.90 Å². The fourth-order valence-electron chi connectivity index (χ4n) is 6.76. The number of aryl methyl sites for hydroxylation is 1. The predicted molar refractivity (Wildman–Crippen MR) is 140 cm³/mol. The van der Waals surface area contributed by atoms with Crippen LogP contribution < -0.4 is 4.74 Å². The summed E-state index contributed by atoms with van der Waals surface area (Å²) in [4.78, 5) is 15.3. The Bertz CT molecular complexity index is 1310. The van der Waals surface area contributed by atoms with E-state index in [9.17, 15) is 4.79 Å². The Balaban J connectivity index is 1.01. The van der Waals surface area contributed by atoms with Gasteiger partial charge in [0, 0.05) is 18.4 Å². The second-order valence-electron chi connectivity index (χ2n) is 10.6. The number of hydrogen-bond acceptors (Lipinski definition) is 3. The standard InChI is InChI=1S/C32H31NO3/c34-32(36-20-30-28-7-3-1-5-26(28)27-6-2-4-8-29(27)30)33-24-12-13-25(33)19-22(18-24)10-9-21-11-14-31-23(17-21)15-16-35-31/h1-8,11,14,17-18,24-25,30H,9-10,12-13,15-16,19-20H2. The summed E-state index contributed by atoms with van der Waals surface area (Å²) in [6.07, 6.45) is 8.38. The lowest BCUT2D eigenvalue weighted by molar-refractivity contribution is 0.0849. The molecule has 3 aromatic carbocycles. The highest BCUT2D eigenvalue weighted by Crippen LogP contribution is 2.45. The van der Waals surface area contributed by atoms with Gasteiger partial charge in [0.2, 0.25) is 0 Å². The van der Waals surface area contributed by atoms with E-state index in [0.717, 1.165) is 50.9 Å². The number of amides is 1. The summed E-state index contributed by atoms with van der Waals surface area (Å²) in [5.41, 5.74) is 9.24. The molecule has 1 aliphatic carbocycles. The fraction of sp³-hybridized carbons (Fsp3) is 0.344. The lowest BCUT2D eigenvalue weighted by Crippen LogP contribution is -2.43. The molecular weight excluding hydrogens is 446 g/mol. The zero-order chi connectivity index (χ0) is 24.1. The summed E-state index contributed by atoms with van der Waals surface area (Å²) in [5.74, 6) is 1.15. The minimum atomic E-state index is -0.154. The minimum absolute atomic E-state index is 0.104. The molecule has 2 atom stereocenters. The largest absolute Gasteiger partial charge is 0.493 e. The van der Waals surface area contributed by atoms with E-state index in [-0.39, 0.29) is 24.1 Å². The number of fused-ring (bicyclic) bond motifs is 6. The summed E-state index contributed by atoms with van der Waals surface area (Å²) in [5, 5.41) is 0. The Morgan fingerprint density at radius 3 is 2.50 bits per heavy atom. The highest BCUT2D eigenvalue weighted by molar-refractivity contribution is 5.79. The zero-order valence-electron chi connectivity index (χ0n) is 20.5. The summed E-state index contributed by atoms with van der Waals surface area (Å²) in [7, 11) is 0. The molecule has 0 saturated carbocycles. The van der Waals surface area contributed by atoms with Crippen molar-refractivity contribution in [2.45, 2.75) is 56.5 Å². The highest BCUT2D eigenvalue weighted by atomic mass is 16.6. The van der Waals surface area contributed by atoms with Gasteiger partial charge in [-0.05, 0) is 71.6 Å². The van der Waals surface area contributed by atoms with Gasteiger partial charge in [0.05, 0.1) is 12.6 Å². The average Bonchev–Trinajstić information content (AvgIpc) is 3.58. The zero-order valence-corrected chi connectivity index (χ0v) is 20.5. The Morgan fingerprint density at radius 2 is 1.72 bits per heavy atom. The number of hydrogen-bond donors (Lipinski definition) is 0. The molecule has 1 saturated heterocycles. The summed E-state index contributed by atoms with van der Waals surface area (Å²) < 4.78 is 11.7. The number of rotatable bonds is 5. The van der Waals surface area contributed by atoms with E-state index in [1.807, 2.05) is 4.90 Å². The maximum atomic E-state index is 13.3. The van der Waals surface area contributed by atoms with E-state index in [1.165, 1.54) is 39.0 Å². The van der Waals surface area contributed by atoms with E-state index in [1.54, 1.807) is 0 Å². The van der Waals surface area contributed by atoms with Crippen LogP contribution in [-0.4, -0.2) is 36.3 Å². The summed E-state index contributed by atoms with van der Waals surface area (Å²) >= 11 is 0. The third kappa shape index (κ3) is 3.71. The lowest BCUT2D eigenvalue weighted by atomic mass is 9.95. The number of carbonyl (C=O) groups is 1. The first kappa shape index (κ1) is 21.7. The van der Waals surface area contributed by atoms with Crippen molar-refractivity contribution in [1.82, 2.24) is 4.90 Å². The molecule has 4 aliphatic rings. The molecule has 7 rings (SSSR count). The third-order valence-corrected chi connectivity index (χ3v) is 8.51. The van der Waals surface area contributed by atoms with Crippen LogP contribution in [-0.2, 0) is 17.6 Å². The van der Waals surface area contributed by atoms with Crippen molar-refractivity contribution < 1.29 is 14.3 Å². The Labute approximate surface area is 212 Å². The molecule has 3 aromatic rings. The van der Waals surface area contributed by atoms with Gasteiger partial charge in [-0.1, -0.05) is 72.3 Å². The van der Waals surface area contributed by atoms with Crippen molar-refractivity contribution >= 4 is 6.09 Å². The van der Waals surface area contributed by atoms with E-state index >= 15 is 0 Å². The Morgan fingerprint density at radius 1 is 0.944 bits per heavy atom. The third-order valence-electron chi connectivity index (χ3n) is 8.51. The predicted octanol–water partition coefficient (Wildman–Crippen LogP) is 6.67. The van der Waals surface area contributed by atoms with Crippen molar-refractivity contribution in [2.24, 2.45) is 0 Å². The molecule has 2 bridgehead atoms. The number of benzene rings is 3. The van der Waals surface area contributed by atoms with Crippen molar-refractivity contribution in [3.63, 3.8) is 0 Å². The van der Waals surface area contributed by atoms with Gasteiger partial charge >= 0.3 is 6.09 Å². The van der Waals surface area contributed by atoms with E-state index in [2.05, 4.69) is 72.8 Å². The smallest absolute Gasteiger partial charge is 0.410 e.